The lowest BCUT2D eigenvalue weighted by Gasteiger charge is -1.92. The van der Waals surface area contributed by atoms with E-state index in [1.165, 1.54) is 0 Å². The molecule has 8 heavy (non-hydrogen) atoms. The van der Waals surface area contributed by atoms with Crippen LogP contribution in [0.3, 0.4) is 0 Å². The molecule has 0 aliphatic rings. The quantitative estimate of drug-likeness (QED) is 0.375. The van der Waals surface area contributed by atoms with E-state index in [0.717, 1.165) is 0 Å². The van der Waals surface area contributed by atoms with Crippen molar-refractivity contribution in [3.63, 3.8) is 0 Å². The van der Waals surface area contributed by atoms with Crippen LogP contribution in [0.5, 0.6) is 0 Å². The Labute approximate surface area is 55.2 Å². The van der Waals surface area contributed by atoms with Gasteiger partial charge < -0.3 is 6.15 Å². The van der Waals surface area contributed by atoms with Crippen LogP contribution in [0, 0.1) is 10.1 Å². The third-order valence-electron chi connectivity index (χ3n) is 0.166. The molecule has 0 saturated heterocycles. The van der Waals surface area contributed by atoms with E-state index in [1.54, 1.807) is 0 Å². The summed E-state index contributed by atoms with van der Waals surface area (Å²) in [6.45, 7) is 0. The van der Waals surface area contributed by atoms with Crippen LogP contribution in [0.25, 0.3) is 0 Å². The van der Waals surface area contributed by atoms with E-state index in [-0.39, 0.29) is 6.15 Å². The fourth-order valence-corrected chi connectivity index (χ4v) is 0.195. The third kappa shape index (κ3) is 9.22. The molecule has 0 saturated carbocycles. The fraction of sp³-hybridized carbons (Fsp3) is 1.00. The normalized spacial score (nSPS) is 7.88. The second-order valence-corrected chi connectivity index (χ2v) is 1.61. The fourth-order valence-electron chi connectivity index (χ4n) is 0.0651. The summed E-state index contributed by atoms with van der Waals surface area (Å²) in [6.07, 6.45) is 0. The molecule has 0 fully saturated rings. The minimum absolute atomic E-state index is 0. The van der Waals surface area contributed by atoms with Crippen molar-refractivity contribution in [1.29, 1.82) is 0 Å². The predicted octanol–water partition coefficient (Wildman–Crippen LogP) is 1.12. The maximum absolute atomic E-state index is 9.22. The van der Waals surface area contributed by atoms with Crippen LogP contribution in [-0.4, -0.2) is 10.1 Å². The van der Waals surface area contributed by atoms with E-state index < -0.39 is 10.1 Å². The molecular formula is CH4Cl2N2O3. The molecular weight excluding hydrogens is 159 g/mol. The minimum atomic E-state index is -1.38. The van der Waals surface area contributed by atoms with Crippen LogP contribution < -0.4 is 6.15 Å². The molecule has 3 N–H and O–H groups in total. The molecule has 0 heterocycles. The van der Waals surface area contributed by atoms with Crippen molar-refractivity contribution in [1.82, 2.24) is 6.15 Å². The highest BCUT2D eigenvalue weighted by Gasteiger charge is 2.00. The number of rotatable bonds is 2. The van der Waals surface area contributed by atoms with Crippen molar-refractivity contribution in [2.45, 2.75) is 5.02 Å². The lowest BCUT2D eigenvalue weighted by atomic mass is 11.7. The summed E-state index contributed by atoms with van der Waals surface area (Å²) >= 11 is 9.55. The number of hydrogen-bond donors (Lipinski definition) is 1. The molecule has 5 nitrogen and oxygen atoms in total. The van der Waals surface area contributed by atoms with Gasteiger partial charge in [0.15, 0.2) is 0 Å². The molecule has 0 aliphatic heterocycles. The zero-order valence-electron chi connectivity index (χ0n) is 3.71. The summed E-state index contributed by atoms with van der Waals surface area (Å²) in [4.78, 5) is 12.7. The Morgan fingerprint density at radius 2 is 2.00 bits per heavy atom. The minimum Gasteiger partial charge on any atom is -0.344 e. The Hall–Kier alpha value is -0.260. The van der Waals surface area contributed by atoms with Crippen LogP contribution in [0.4, 0.5) is 0 Å². The van der Waals surface area contributed by atoms with Gasteiger partial charge in [0.2, 0.25) is 0 Å². The smallest absolute Gasteiger partial charge is 0.297 e. The van der Waals surface area contributed by atoms with Crippen molar-refractivity contribution in [2.24, 2.45) is 0 Å². The van der Waals surface area contributed by atoms with Crippen LogP contribution in [0.15, 0.2) is 0 Å². The molecule has 0 radical (unpaired) electrons. The zero-order valence-corrected chi connectivity index (χ0v) is 5.22. The molecule has 0 atom stereocenters. The second kappa shape index (κ2) is 4.89. The van der Waals surface area contributed by atoms with Gasteiger partial charge in [0.1, 0.15) is 0 Å². The monoisotopic (exact) mass is 162 g/mol. The summed E-state index contributed by atoms with van der Waals surface area (Å²) < 4.78 is 0. The second-order valence-electron chi connectivity index (χ2n) is 0.590. The number of nitrogens with zero attached hydrogens (tertiary/aromatic N) is 1. The topological polar surface area (TPSA) is 87.4 Å². The molecule has 0 aromatic heterocycles. The molecule has 0 aromatic carbocycles. The highest BCUT2D eigenvalue weighted by Crippen LogP contribution is 2.01. The van der Waals surface area contributed by atoms with Crippen molar-refractivity contribution < 1.29 is 9.92 Å². The molecule has 0 rings (SSSR count). The Morgan fingerprint density at radius 3 is 2.00 bits per heavy atom. The lowest BCUT2D eigenvalue weighted by Crippen LogP contribution is -2.03. The van der Waals surface area contributed by atoms with Crippen LogP contribution in [0.1, 0.15) is 0 Å². The maximum Gasteiger partial charge on any atom is 0.297 e. The van der Waals surface area contributed by atoms with Crippen LogP contribution >= 0.6 is 23.2 Å². The van der Waals surface area contributed by atoms with Gasteiger partial charge >= 0.3 is 0 Å². The number of alkyl halides is 2. The third-order valence-corrected chi connectivity index (χ3v) is 0.325. The van der Waals surface area contributed by atoms with Crippen LogP contribution in [0.2, 0.25) is 0 Å². The number of hydrogen-bond acceptors (Lipinski definition) is 4. The molecule has 50 valence electrons. The van der Waals surface area contributed by atoms with Gasteiger partial charge in [-0.25, -0.2) is 0 Å². The van der Waals surface area contributed by atoms with Crippen molar-refractivity contribution in [3.8, 4) is 0 Å². The van der Waals surface area contributed by atoms with Gasteiger partial charge in [-0.3, -0.25) is 4.84 Å². The average Bonchev–Trinajstić information content (AvgIpc) is 1.27. The van der Waals surface area contributed by atoms with Crippen molar-refractivity contribution >= 4 is 23.2 Å². The molecule has 0 amide bonds. The molecule has 0 spiro atoms. The molecule has 0 bridgehead atoms. The van der Waals surface area contributed by atoms with Crippen molar-refractivity contribution in [3.05, 3.63) is 10.1 Å². The Morgan fingerprint density at radius 1 is 1.62 bits per heavy atom. The highest BCUT2D eigenvalue weighted by molar-refractivity contribution is 6.43. The van der Waals surface area contributed by atoms with Gasteiger partial charge in [0.25, 0.3) is 10.1 Å². The molecule has 7 heteroatoms. The van der Waals surface area contributed by atoms with Gasteiger partial charge in [0, 0.05) is 0 Å². The molecule has 0 unspecified atom stereocenters. The first-order valence-corrected chi connectivity index (χ1v) is 2.09. The Bertz CT molecular complexity index is 75.7. The van der Waals surface area contributed by atoms with E-state index in [1.807, 2.05) is 0 Å². The zero-order chi connectivity index (χ0) is 5.86. The van der Waals surface area contributed by atoms with E-state index in [9.17, 15) is 10.1 Å². The first-order chi connectivity index (χ1) is 3.13. The molecule has 0 aliphatic carbocycles. The highest BCUT2D eigenvalue weighted by atomic mass is 35.5. The van der Waals surface area contributed by atoms with Crippen molar-refractivity contribution in [2.75, 3.05) is 0 Å². The maximum atomic E-state index is 9.22. The Balaban J connectivity index is 0. The summed E-state index contributed by atoms with van der Waals surface area (Å²) in [5.74, 6) is 0. The lowest BCUT2D eigenvalue weighted by molar-refractivity contribution is -0.757. The average molecular weight is 163 g/mol. The van der Waals surface area contributed by atoms with Crippen LogP contribution in [-0.2, 0) is 4.84 Å². The van der Waals surface area contributed by atoms with E-state index >= 15 is 0 Å². The van der Waals surface area contributed by atoms with Gasteiger partial charge in [-0.05, 0) is 0 Å². The van der Waals surface area contributed by atoms with E-state index in [4.69, 9.17) is 23.2 Å². The standard InChI is InChI=1S/CHCl2NO3.H3N/c2-1(3)7-4(5)6;/h1H;1H3. The summed E-state index contributed by atoms with van der Waals surface area (Å²) in [6, 6.07) is 0. The Kier molecular flexibility index (Phi) is 6.52. The first-order valence-electron chi connectivity index (χ1n) is 1.22. The summed E-state index contributed by atoms with van der Waals surface area (Å²) in [7, 11) is 0. The van der Waals surface area contributed by atoms with E-state index in [2.05, 4.69) is 4.84 Å². The summed E-state index contributed by atoms with van der Waals surface area (Å²) in [5.41, 5.74) is 0. The van der Waals surface area contributed by atoms with Gasteiger partial charge in [0.05, 0.1) is 0 Å². The van der Waals surface area contributed by atoms with Gasteiger partial charge in [-0.15, -0.1) is 10.1 Å². The SMILES string of the molecule is N.O=[N+]([O-])OC(Cl)Cl. The predicted molar refractivity (Wildman–Crippen MR) is 28.6 cm³/mol. The molecule has 0 aromatic rings. The summed E-state index contributed by atoms with van der Waals surface area (Å²) in [5, 5.41) is 6.78. The van der Waals surface area contributed by atoms with E-state index in [0.29, 0.717) is 0 Å². The first kappa shape index (κ1) is 10.7. The number of halogens is 2. The largest absolute Gasteiger partial charge is 0.344 e. The van der Waals surface area contributed by atoms with Gasteiger partial charge in [-0.1, -0.05) is 23.2 Å². The van der Waals surface area contributed by atoms with Gasteiger partial charge in [-0.2, -0.15) is 0 Å².